The van der Waals surface area contributed by atoms with E-state index in [1.807, 2.05) is 24.3 Å². The number of hydrogen-bond donors (Lipinski definition) is 1. The summed E-state index contributed by atoms with van der Waals surface area (Å²) in [5.41, 5.74) is 2.32. The molecule has 0 fully saturated rings. The molecule has 6 heteroatoms. The van der Waals surface area contributed by atoms with Crippen LogP contribution in [0.2, 0.25) is 5.02 Å². The van der Waals surface area contributed by atoms with Crippen LogP contribution in [-0.2, 0) is 11.2 Å². The first-order valence-corrected chi connectivity index (χ1v) is 10.3. The van der Waals surface area contributed by atoms with Gasteiger partial charge in [-0.15, -0.1) is 0 Å². The molecule has 148 valence electrons. The van der Waals surface area contributed by atoms with Gasteiger partial charge >= 0.3 is 0 Å². The van der Waals surface area contributed by atoms with Gasteiger partial charge in [-0.3, -0.25) is 14.9 Å². The standard InChI is InChI=1S/C22H26ClN3O2/c1-3-5-15(6-4-2)21(28)26-22-24-13-18-19(25-22)11-16(12-20(18)27)14-7-9-17(23)10-8-14/h7-10,13,15-16H,3-6,11-12H2,1-2H3,(H,24,25,26,28). The van der Waals surface area contributed by atoms with Gasteiger partial charge in [-0.1, -0.05) is 50.4 Å². The smallest absolute Gasteiger partial charge is 0.229 e. The largest absolute Gasteiger partial charge is 0.294 e. The van der Waals surface area contributed by atoms with E-state index in [1.54, 1.807) is 6.20 Å². The number of nitrogens with one attached hydrogen (secondary N) is 1. The molecule has 0 spiro atoms. The number of halogens is 1. The van der Waals surface area contributed by atoms with Crippen LogP contribution >= 0.6 is 11.6 Å². The molecule has 0 aliphatic heterocycles. The highest BCUT2D eigenvalue weighted by Gasteiger charge is 2.28. The summed E-state index contributed by atoms with van der Waals surface area (Å²) in [6, 6.07) is 7.58. The molecule has 1 aliphatic rings. The molecule has 2 aromatic rings. The summed E-state index contributed by atoms with van der Waals surface area (Å²) < 4.78 is 0. The molecule has 3 rings (SSSR count). The zero-order valence-corrected chi connectivity index (χ0v) is 17.1. The Kier molecular flexibility index (Phi) is 6.79. The second-order valence-electron chi connectivity index (χ2n) is 7.40. The van der Waals surface area contributed by atoms with Crippen molar-refractivity contribution >= 4 is 29.2 Å². The Morgan fingerprint density at radius 1 is 1.18 bits per heavy atom. The maximum atomic E-state index is 12.6. The third kappa shape index (κ3) is 4.76. The second-order valence-corrected chi connectivity index (χ2v) is 7.83. The number of nitrogens with zero attached hydrogens (tertiary/aromatic N) is 2. The minimum atomic E-state index is -0.0416. The summed E-state index contributed by atoms with van der Waals surface area (Å²) in [5, 5.41) is 3.52. The highest BCUT2D eigenvalue weighted by Crippen LogP contribution is 2.32. The molecule has 1 atom stereocenters. The molecule has 5 nitrogen and oxygen atoms in total. The molecule has 1 amide bonds. The number of anilines is 1. The number of aromatic nitrogens is 2. The molecule has 1 N–H and O–H groups in total. The number of hydrogen-bond acceptors (Lipinski definition) is 4. The van der Waals surface area contributed by atoms with Gasteiger partial charge in [0.1, 0.15) is 0 Å². The number of benzene rings is 1. The van der Waals surface area contributed by atoms with Crippen molar-refractivity contribution in [3.05, 3.63) is 52.3 Å². The Morgan fingerprint density at radius 2 is 1.86 bits per heavy atom. The second kappa shape index (κ2) is 9.28. The number of carbonyl (C=O) groups is 2. The van der Waals surface area contributed by atoms with Crippen LogP contribution in [0.3, 0.4) is 0 Å². The first-order valence-electron chi connectivity index (χ1n) is 9.97. The average Bonchev–Trinajstić information content (AvgIpc) is 2.68. The van der Waals surface area contributed by atoms with Gasteiger partial charge in [0, 0.05) is 23.6 Å². The predicted molar refractivity (Wildman–Crippen MR) is 111 cm³/mol. The average molecular weight is 400 g/mol. The normalized spacial score (nSPS) is 16.1. The maximum absolute atomic E-state index is 12.6. The van der Waals surface area contributed by atoms with Crippen molar-refractivity contribution in [1.29, 1.82) is 0 Å². The van der Waals surface area contributed by atoms with E-state index < -0.39 is 0 Å². The molecular formula is C22H26ClN3O2. The van der Waals surface area contributed by atoms with Gasteiger partial charge in [-0.25, -0.2) is 9.97 Å². The molecule has 0 radical (unpaired) electrons. The van der Waals surface area contributed by atoms with E-state index in [4.69, 9.17) is 11.6 Å². The fourth-order valence-corrected chi connectivity index (χ4v) is 3.92. The molecule has 1 aliphatic carbocycles. The lowest BCUT2D eigenvalue weighted by molar-refractivity contribution is -0.120. The van der Waals surface area contributed by atoms with Crippen molar-refractivity contribution < 1.29 is 9.59 Å². The summed E-state index contributed by atoms with van der Waals surface area (Å²) in [7, 11) is 0. The minimum absolute atomic E-state index is 0.0296. The van der Waals surface area contributed by atoms with E-state index >= 15 is 0 Å². The SMILES string of the molecule is CCCC(CCC)C(=O)Nc1ncc2c(n1)CC(c1ccc(Cl)cc1)CC2=O. The van der Waals surface area contributed by atoms with Crippen LogP contribution in [0.25, 0.3) is 0 Å². The molecule has 1 heterocycles. The molecular weight excluding hydrogens is 374 g/mol. The van der Waals surface area contributed by atoms with E-state index in [9.17, 15) is 9.59 Å². The van der Waals surface area contributed by atoms with Crippen molar-refractivity contribution in [2.24, 2.45) is 5.92 Å². The van der Waals surface area contributed by atoms with Gasteiger partial charge < -0.3 is 0 Å². The van der Waals surface area contributed by atoms with E-state index in [-0.39, 0.29) is 29.5 Å². The Hall–Kier alpha value is -2.27. The van der Waals surface area contributed by atoms with E-state index in [0.717, 1.165) is 31.2 Å². The van der Waals surface area contributed by atoms with Crippen molar-refractivity contribution in [1.82, 2.24) is 9.97 Å². The number of fused-ring (bicyclic) bond motifs is 1. The Labute approximate surface area is 170 Å². The van der Waals surface area contributed by atoms with E-state index in [1.165, 1.54) is 0 Å². The molecule has 0 saturated heterocycles. The van der Waals surface area contributed by atoms with Crippen LogP contribution in [0, 0.1) is 5.92 Å². The number of rotatable bonds is 7. The molecule has 1 aromatic heterocycles. The van der Waals surface area contributed by atoms with Gasteiger partial charge in [-0.05, 0) is 42.9 Å². The number of amides is 1. The van der Waals surface area contributed by atoms with Gasteiger partial charge in [0.15, 0.2) is 5.78 Å². The van der Waals surface area contributed by atoms with Crippen molar-refractivity contribution in [3.63, 3.8) is 0 Å². The summed E-state index contributed by atoms with van der Waals surface area (Å²) in [6.07, 6.45) is 6.23. The lowest BCUT2D eigenvalue weighted by Gasteiger charge is -2.23. The van der Waals surface area contributed by atoms with Gasteiger partial charge in [0.25, 0.3) is 0 Å². The number of carbonyl (C=O) groups excluding carboxylic acids is 2. The third-order valence-corrected chi connectivity index (χ3v) is 5.51. The molecule has 0 bridgehead atoms. The first kappa shape index (κ1) is 20.5. The molecule has 1 unspecified atom stereocenters. The topological polar surface area (TPSA) is 72.0 Å². The minimum Gasteiger partial charge on any atom is -0.294 e. The van der Waals surface area contributed by atoms with Crippen LogP contribution in [-0.4, -0.2) is 21.7 Å². The molecule has 28 heavy (non-hydrogen) atoms. The quantitative estimate of drug-likeness (QED) is 0.694. The zero-order valence-electron chi connectivity index (χ0n) is 16.4. The Morgan fingerprint density at radius 3 is 2.50 bits per heavy atom. The van der Waals surface area contributed by atoms with Crippen LogP contribution in [0.5, 0.6) is 0 Å². The fraction of sp³-hybridized carbons (Fsp3) is 0.455. The lowest BCUT2D eigenvalue weighted by atomic mass is 9.82. The predicted octanol–water partition coefficient (Wildman–Crippen LogP) is 5.20. The number of ketones is 1. The lowest BCUT2D eigenvalue weighted by Crippen LogP contribution is -2.26. The highest BCUT2D eigenvalue weighted by molar-refractivity contribution is 6.30. The van der Waals surface area contributed by atoms with Crippen LogP contribution in [0.4, 0.5) is 5.95 Å². The maximum Gasteiger partial charge on any atom is 0.229 e. The van der Waals surface area contributed by atoms with Crippen LogP contribution in [0.15, 0.2) is 30.5 Å². The van der Waals surface area contributed by atoms with Gasteiger partial charge in [0.05, 0.1) is 11.3 Å². The summed E-state index contributed by atoms with van der Waals surface area (Å²) in [4.78, 5) is 33.8. The van der Waals surface area contributed by atoms with Crippen molar-refractivity contribution in [2.75, 3.05) is 5.32 Å². The molecule has 0 saturated carbocycles. The highest BCUT2D eigenvalue weighted by atomic mass is 35.5. The van der Waals surface area contributed by atoms with Crippen molar-refractivity contribution in [3.8, 4) is 0 Å². The third-order valence-electron chi connectivity index (χ3n) is 5.26. The molecule has 1 aromatic carbocycles. The van der Waals surface area contributed by atoms with Crippen LogP contribution in [0.1, 0.15) is 73.5 Å². The summed E-state index contributed by atoms with van der Waals surface area (Å²) >= 11 is 5.97. The van der Waals surface area contributed by atoms with Crippen molar-refractivity contribution in [2.45, 2.75) is 58.3 Å². The number of Topliss-reactive ketones (excluding diaryl/α,β-unsaturated/α-hetero) is 1. The van der Waals surface area contributed by atoms with E-state index in [2.05, 4.69) is 29.1 Å². The Bertz CT molecular complexity index is 845. The summed E-state index contributed by atoms with van der Waals surface area (Å²) in [5.74, 6) is 0.307. The monoisotopic (exact) mass is 399 g/mol. The zero-order chi connectivity index (χ0) is 20.1. The first-order chi connectivity index (χ1) is 13.5. The Balaban J connectivity index is 1.78. The van der Waals surface area contributed by atoms with Crippen LogP contribution < -0.4 is 5.32 Å². The van der Waals surface area contributed by atoms with Gasteiger partial charge in [-0.2, -0.15) is 0 Å². The van der Waals surface area contributed by atoms with Gasteiger partial charge in [0.2, 0.25) is 11.9 Å². The fourth-order valence-electron chi connectivity index (χ4n) is 3.79. The summed E-state index contributed by atoms with van der Waals surface area (Å²) in [6.45, 7) is 4.15. The van der Waals surface area contributed by atoms with E-state index in [0.29, 0.717) is 29.1 Å².